The molecule has 0 spiro atoms. The maximum Gasteiger partial charge on any atom is 0.0607 e. The number of halogens is 1. The van der Waals surface area contributed by atoms with Crippen LogP contribution in [0.5, 0.6) is 0 Å². The highest BCUT2D eigenvalue weighted by Crippen LogP contribution is 2.65. The van der Waals surface area contributed by atoms with Crippen molar-refractivity contribution in [3.63, 3.8) is 0 Å². The van der Waals surface area contributed by atoms with Crippen LogP contribution in [0.15, 0.2) is 11.6 Å². The van der Waals surface area contributed by atoms with Gasteiger partial charge in [-0.05, 0) is 74.5 Å². The number of allylic oxidation sites excluding steroid dienone is 2. The first-order chi connectivity index (χ1) is 10.1. The Hall–Kier alpha value is 0.180. The zero-order valence-electron chi connectivity index (χ0n) is 13.3. The summed E-state index contributed by atoms with van der Waals surface area (Å²) in [6.45, 7) is 2.57. The summed E-state index contributed by atoms with van der Waals surface area (Å²) < 4.78 is 0. The largest absolute Gasteiger partial charge is 0.393 e. The maximum atomic E-state index is 10.6. The standard InChI is InChI=1S/C19H29BrO/c1-18-10-3-2-4-13(18)5-6-14-15(18)9-11-19(12-20)16(14)7-8-17(19)21/h5,14-17,21H,2-4,6-12H2,1H3/t14-,15+,16+,17-,18+,19-/m1/s1. The molecule has 0 saturated heterocycles. The van der Waals surface area contributed by atoms with Gasteiger partial charge < -0.3 is 5.11 Å². The normalized spacial score (nSPS) is 52.6. The molecule has 0 aromatic rings. The first-order valence-electron chi connectivity index (χ1n) is 9.05. The minimum absolute atomic E-state index is 0.0626. The van der Waals surface area contributed by atoms with Gasteiger partial charge in [0.2, 0.25) is 0 Å². The van der Waals surface area contributed by atoms with Crippen molar-refractivity contribution in [2.24, 2.45) is 28.6 Å². The number of hydrogen-bond acceptors (Lipinski definition) is 1. The Balaban J connectivity index is 1.70. The van der Waals surface area contributed by atoms with Gasteiger partial charge >= 0.3 is 0 Å². The zero-order chi connectivity index (χ0) is 14.7. The molecule has 0 aromatic heterocycles. The van der Waals surface area contributed by atoms with Crippen LogP contribution in [0.2, 0.25) is 0 Å². The fraction of sp³-hybridized carbons (Fsp3) is 0.895. The lowest BCUT2D eigenvalue weighted by Gasteiger charge is -2.57. The van der Waals surface area contributed by atoms with E-state index in [2.05, 4.69) is 28.9 Å². The SMILES string of the molecule is C[C@]12CCCCC1=CC[C@H]1[C@@H]3CC[C@@H](O)[C@@]3(CBr)CC[C@@H]12. The van der Waals surface area contributed by atoms with Gasteiger partial charge in [0.05, 0.1) is 6.10 Å². The van der Waals surface area contributed by atoms with E-state index < -0.39 is 0 Å². The molecule has 6 atom stereocenters. The minimum atomic E-state index is -0.0626. The van der Waals surface area contributed by atoms with Gasteiger partial charge in [-0.15, -0.1) is 0 Å². The Kier molecular flexibility index (Phi) is 3.58. The molecule has 4 aliphatic carbocycles. The molecule has 0 aliphatic heterocycles. The Morgan fingerprint density at radius 2 is 2.05 bits per heavy atom. The molecule has 4 aliphatic rings. The van der Waals surface area contributed by atoms with Crippen molar-refractivity contribution >= 4 is 15.9 Å². The summed E-state index contributed by atoms with van der Waals surface area (Å²) in [6.07, 6.45) is 14.3. The second-order valence-electron chi connectivity index (χ2n) is 8.47. The van der Waals surface area contributed by atoms with Crippen LogP contribution >= 0.6 is 15.9 Å². The average Bonchev–Trinajstić information content (AvgIpc) is 2.84. The van der Waals surface area contributed by atoms with Gasteiger partial charge in [0, 0.05) is 10.7 Å². The Bertz CT molecular complexity index is 458. The smallest absolute Gasteiger partial charge is 0.0607 e. The molecule has 3 fully saturated rings. The molecule has 0 bridgehead atoms. The third kappa shape index (κ3) is 1.90. The maximum absolute atomic E-state index is 10.6. The van der Waals surface area contributed by atoms with Crippen LogP contribution in [0.4, 0.5) is 0 Å². The topological polar surface area (TPSA) is 20.2 Å². The summed E-state index contributed by atoms with van der Waals surface area (Å²) in [5.41, 5.74) is 2.48. The molecule has 0 unspecified atom stereocenters. The van der Waals surface area contributed by atoms with E-state index in [9.17, 15) is 5.11 Å². The molecule has 0 heterocycles. The van der Waals surface area contributed by atoms with E-state index in [1.807, 2.05) is 0 Å². The molecule has 0 aromatic carbocycles. The summed E-state index contributed by atoms with van der Waals surface area (Å²) in [4.78, 5) is 0. The van der Waals surface area contributed by atoms with Crippen LogP contribution in [0.1, 0.15) is 64.7 Å². The van der Waals surface area contributed by atoms with E-state index in [4.69, 9.17) is 0 Å². The fourth-order valence-electron chi connectivity index (χ4n) is 6.74. The second kappa shape index (κ2) is 5.09. The van der Waals surface area contributed by atoms with Crippen LogP contribution in [-0.2, 0) is 0 Å². The molecule has 0 radical (unpaired) electrons. The first kappa shape index (κ1) is 14.8. The molecular weight excluding hydrogens is 324 g/mol. The lowest BCUT2D eigenvalue weighted by molar-refractivity contribution is -0.0626. The number of rotatable bonds is 1. The highest BCUT2D eigenvalue weighted by molar-refractivity contribution is 9.09. The van der Waals surface area contributed by atoms with Gasteiger partial charge in [0.1, 0.15) is 0 Å². The highest BCUT2D eigenvalue weighted by atomic mass is 79.9. The highest BCUT2D eigenvalue weighted by Gasteiger charge is 2.59. The molecule has 1 N–H and O–H groups in total. The molecule has 3 saturated carbocycles. The van der Waals surface area contributed by atoms with E-state index in [1.165, 1.54) is 51.4 Å². The summed E-state index contributed by atoms with van der Waals surface area (Å²) in [6, 6.07) is 0. The van der Waals surface area contributed by atoms with Gasteiger partial charge in [-0.25, -0.2) is 0 Å². The first-order valence-corrected chi connectivity index (χ1v) is 10.2. The number of aliphatic hydroxyl groups is 1. The monoisotopic (exact) mass is 352 g/mol. The number of hydrogen-bond donors (Lipinski definition) is 1. The number of fused-ring (bicyclic) bond motifs is 5. The van der Waals surface area contributed by atoms with Crippen molar-refractivity contribution in [2.45, 2.75) is 70.8 Å². The quantitative estimate of drug-likeness (QED) is 0.515. The van der Waals surface area contributed by atoms with E-state index in [-0.39, 0.29) is 11.5 Å². The van der Waals surface area contributed by atoms with Crippen molar-refractivity contribution < 1.29 is 5.11 Å². The van der Waals surface area contributed by atoms with E-state index >= 15 is 0 Å². The fourth-order valence-corrected chi connectivity index (χ4v) is 7.81. The van der Waals surface area contributed by atoms with Gasteiger partial charge in [-0.1, -0.05) is 40.9 Å². The molecule has 0 amide bonds. The van der Waals surface area contributed by atoms with E-state index in [0.29, 0.717) is 5.41 Å². The molecule has 1 nitrogen and oxygen atoms in total. The third-order valence-electron chi connectivity index (χ3n) is 7.94. The number of alkyl halides is 1. The Morgan fingerprint density at radius 1 is 1.19 bits per heavy atom. The van der Waals surface area contributed by atoms with Gasteiger partial charge in [-0.2, -0.15) is 0 Å². The van der Waals surface area contributed by atoms with Gasteiger partial charge in [-0.3, -0.25) is 0 Å². The molecule has 118 valence electrons. The predicted octanol–water partition coefficient (Wildman–Crippen LogP) is 5.08. The average molecular weight is 353 g/mol. The molecule has 21 heavy (non-hydrogen) atoms. The second-order valence-corrected chi connectivity index (χ2v) is 9.03. The van der Waals surface area contributed by atoms with Crippen molar-refractivity contribution in [2.75, 3.05) is 5.33 Å². The molecular formula is C19H29BrO. The summed E-state index contributed by atoms with van der Waals surface area (Å²) in [5.74, 6) is 2.47. The van der Waals surface area contributed by atoms with Crippen molar-refractivity contribution in [3.8, 4) is 0 Å². The Morgan fingerprint density at radius 3 is 2.86 bits per heavy atom. The zero-order valence-corrected chi connectivity index (χ0v) is 14.9. The summed E-state index contributed by atoms with van der Waals surface area (Å²) in [5, 5.41) is 11.6. The summed E-state index contributed by atoms with van der Waals surface area (Å²) >= 11 is 3.77. The van der Waals surface area contributed by atoms with Crippen LogP contribution < -0.4 is 0 Å². The molecule has 4 rings (SSSR count). The van der Waals surface area contributed by atoms with Gasteiger partial charge in [0.25, 0.3) is 0 Å². The minimum Gasteiger partial charge on any atom is -0.393 e. The van der Waals surface area contributed by atoms with Crippen molar-refractivity contribution in [1.82, 2.24) is 0 Å². The predicted molar refractivity (Wildman–Crippen MR) is 90.4 cm³/mol. The lowest BCUT2D eigenvalue weighted by Crippen LogP contribution is -2.52. The molecule has 2 heteroatoms. The van der Waals surface area contributed by atoms with Crippen LogP contribution in [-0.4, -0.2) is 16.5 Å². The van der Waals surface area contributed by atoms with Gasteiger partial charge in [0.15, 0.2) is 0 Å². The number of aliphatic hydroxyl groups excluding tert-OH is 1. The van der Waals surface area contributed by atoms with Crippen LogP contribution in [0.3, 0.4) is 0 Å². The Labute approximate surface area is 137 Å². The van der Waals surface area contributed by atoms with E-state index in [1.54, 1.807) is 5.57 Å². The summed E-state index contributed by atoms with van der Waals surface area (Å²) in [7, 11) is 0. The third-order valence-corrected chi connectivity index (χ3v) is 8.98. The van der Waals surface area contributed by atoms with Crippen LogP contribution in [0.25, 0.3) is 0 Å². The van der Waals surface area contributed by atoms with E-state index in [0.717, 1.165) is 29.5 Å². The van der Waals surface area contributed by atoms with Crippen molar-refractivity contribution in [3.05, 3.63) is 11.6 Å². The lowest BCUT2D eigenvalue weighted by atomic mass is 9.48. The van der Waals surface area contributed by atoms with Crippen LogP contribution in [0, 0.1) is 28.6 Å². The van der Waals surface area contributed by atoms with Crippen molar-refractivity contribution in [1.29, 1.82) is 0 Å².